The Bertz CT molecular complexity index is 622. The van der Waals surface area contributed by atoms with Crippen molar-refractivity contribution in [3.63, 3.8) is 0 Å². The van der Waals surface area contributed by atoms with Gasteiger partial charge in [-0.15, -0.1) is 0 Å². The number of halogens is 1. The first-order chi connectivity index (χ1) is 10.7. The highest BCUT2D eigenvalue weighted by molar-refractivity contribution is 6.29. The molecule has 6 nitrogen and oxygen atoms in total. The zero-order valence-electron chi connectivity index (χ0n) is 12.4. The number of likely N-dealkylation sites (tertiary alicyclic amines) is 1. The van der Waals surface area contributed by atoms with Gasteiger partial charge in [0.05, 0.1) is 7.11 Å². The van der Waals surface area contributed by atoms with E-state index in [1.807, 2.05) is 24.4 Å². The second kappa shape index (κ2) is 6.89. The fraction of sp³-hybridized carbons (Fsp3) is 0.400. The van der Waals surface area contributed by atoms with E-state index >= 15 is 0 Å². The van der Waals surface area contributed by atoms with Gasteiger partial charge in [0.25, 0.3) is 0 Å². The van der Waals surface area contributed by atoms with Gasteiger partial charge in [0.2, 0.25) is 5.88 Å². The monoisotopic (exact) mass is 319 g/mol. The molecule has 0 spiro atoms. The van der Waals surface area contributed by atoms with E-state index in [4.69, 9.17) is 16.3 Å². The predicted octanol–water partition coefficient (Wildman–Crippen LogP) is 2.22. The summed E-state index contributed by atoms with van der Waals surface area (Å²) in [5, 5.41) is 3.96. The molecule has 0 saturated carbocycles. The minimum absolute atomic E-state index is 0.375. The lowest BCUT2D eigenvalue weighted by Gasteiger charge is -2.17. The van der Waals surface area contributed by atoms with Gasteiger partial charge < -0.3 is 10.1 Å². The van der Waals surface area contributed by atoms with Gasteiger partial charge in [-0.1, -0.05) is 17.7 Å². The Kier molecular flexibility index (Phi) is 4.70. The van der Waals surface area contributed by atoms with Crippen LogP contribution in [0.15, 0.2) is 30.7 Å². The summed E-state index contributed by atoms with van der Waals surface area (Å²) in [5.74, 6) is 1.37. The lowest BCUT2D eigenvalue weighted by Crippen LogP contribution is -2.26. The van der Waals surface area contributed by atoms with Crippen molar-refractivity contribution in [1.29, 1.82) is 0 Å². The molecule has 2 aromatic heterocycles. The standard InChI is InChI=1S/C15H18ClN5O/c1-22-15-6-14(18-10-19-15)20-12-4-5-21(9-12)8-11-2-3-13(16)17-7-11/h2-3,6-7,10,12H,4-5,8-9H2,1H3,(H,18,19,20). The first-order valence-electron chi connectivity index (χ1n) is 7.18. The molecule has 1 fully saturated rings. The predicted molar refractivity (Wildman–Crippen MR) is 85.1 cm³/mol. The van der Waals surface area contributed by atoms with Crippen LogP contribution in [0.4, 0.5) is 5.82 Å². The van der Waals surface area contributed by atoms with Crippen LogP contribution in [0.2, 0.25) is 5.15 Å². The highest BCUT2D eigenvalue weighted by Gasteiger charge is 2.22. The van der Waals surface area contributed by atoms with Crippen molar-refractivity contribution in [2.45, 2.75) is 19.0 Å². The minimum atomic E-state index is 0.375. The second-order valence-corrected chi connectivity index (χ2v) is 5.69. The van der Waals surface area contributed by atoms with Crippen molar-refractivity contribution >= 4 is 17.4 Å². The Labute approximate surface area is 134 Å². The normalized spacial score (nSPS) is 18.4. The number of nitrogens with zero attached hydrogens (tertiary/aromatic N) is 4. The van der Waals surface area contributed by atoms with E-state index in [1.54, 1.807) is 7.11 Å². The van der Waals surface area contributed by atoms with Gasteiger partial charge in [-0.2, -0.15) is 0 Å². The Balaban J connectivity index is 1.54. The van der Waals surface area contributed by atoms with E-state index < -0.39 is 0 Å². The van der Waals surface area contributed by atoms with Gasteiger partial charge in [0, 0.05) is 37.9 Å². The van der Waals surface area contributed by atoms with Crippen LogP contribution in [0, 0.1) is 0 Å². The Morgan fingerprint density at radius 1 is 1.36 bits per heavy atom. The average molecular weight is 320 g/mol. The molecule has 0 amide bonds. The van der Waals surface area contributed by atoms with E-state index in [2.05, 4.69) is 25.2 Å². The molecule has 1 saturated heterocycles. The molecular formula is C15H18ClN5O. The van der Waals surface area contributed by atoms with Crippen molar-refractivity contribution < 1.29 is 4.74 Å². The quantitative estimate of drug-likeness (QED) is 0.853. The zero-order chi connectivity index (χ0) is 15.4. The number of pyridine rings is 1. The molecule has 7 heteroatoms. The fourth-order valence-electron chi connectivity index (χ4n) is 2.59. The molecule has 0 bridgehead atoms. The van der Waals surface area contributed by atoms with E-state index in [9.17, 15) is 0 Å². The van der Waals surface area contributed by atoms with Gasteiger partial charge in [0.1, 0.15) is 17.3 Å². The molecule has 0 aromatic carbocycles. The summed E-state index contributed by atoms with van der Waals surface area (Å²) in [6.45, 7) is 2.90. The smallest absolute Gasteiger partial charge is 0.218 e. The number of hydrogen-bond acceptors (Lipinski definition) is 6. The average Bonchev–Trinajstić information content (AvgIpc) is 2.97. The molecule has 116 valence electrons. The van der Waals surface area contributed by atoms with Gasteiger partial charge in [0.15, 0.2) is 0 Å². The van der Waals surface area contributed by atoms with E-state index in [-0.39, 0.29) is 0 Å². The minimum Gasteiger partial charge on any atom is -0.481 e. The van der Waals surface area contributed by atoms with Crippen LogP contribution in [0.1, 0.15) is 12.0 Å². The summed E-state index contributed by atoms with van der Waals surface area (Å²) < 4.78 is 5.11. The molecule has 3 rings (SSSR count). The fourth-order valence-corrected chi connectivity index (χ4v) is 2.70. The van der Waals surface area contributed by atoms with Crippen molar-refractivity contribution in [3.05, 3.63) is 41.4 Å². The molecule has 0 aliphatic carbocycles. The Morgan fingerprint density at radius 3 is 3.05 bits per heavy atom. The molecule has 1 atom stereocenters. The number of anilines is 1. The largest absolute Gasteiger partial charge is 0.481 e. The number of hydrogen-bond donors (Lipinski definition) is 1. The van der Waals surface area contributed by atoms with Crippen LogP contribution in [0.3, 0.4) is 0 Å². The lowest BCUT2D eigenvalue weighted by atomic mass is 10.2. The topological polar surface area (TPSA) is 63.2 Å². The van der Waals surface area contributed by atoms with Crippen LogP contribution < -0.4 is 10.1 Å². The molecule has 3 heterocycles. The number of methoxy groups -OCH3 is 1. The number of rotatable bonds is 5. The Morgan fingerprint density at radius 2 is 2.27 bits per heavy atom. The molecule has 1 aliphatic heterocycles. The molecule has 1 N–H and O–H groups in total. The Hall–Kier alpha value is -1.92. The van der Waals surface area contributed by atoms with E-state index in [0.29, 0.717) is 17.1 Å². The molecule has 2 aromatic rings. The summed E-state index contributed by atoms with van der Waals surface area (Å²) >= 11 is 5.81. The van der Waals surface area contributed by atoms with Crippen molar-refractivity contribution in [2.75, 3.05) is 25.5 Å². The molecule has 1 aliphatic rings. The molecule has 1 unspecified atom stereocenters. The second-order valence-electron chi connectivity index (χ2n) is 5.30. The highest BCUT2D eigenvalue weighted by atomic mass is 35.5. The number of nitrogens with one attached hydrogen (secondary N) is 1. The number of aromatic nitrogens is 3. The van der Waals surface area contributed by atoms with Gasteiger partial charge in [-0.3, -0.25) is 4.90 Å². The molecule has 0 radical (unpaired) electrons. The van der Waals surface area contributed by atoms with E-state index in [1.165, 1.54) is 11.9 Å². The third kappa shape index (κ3) is 3.84. The van der Waals surface area contributed by atoms with Crippen LogP contribution in [0.5, 0.6) is 5.88 Å². The summed E-state index contributed by atoms with van der Waals surface area (Å²) in [6.07, 6.45) is 4.42. The number of ether oxygens (including phenoxy) is 1. The summed E-state index contributed by atoms with van der Waals surface area (Å²) in [5.41, 5.74) is 1.17. The third-order valence-corrected chi connectivity index (χ3v) is 3.89. The van der Waals surface area contributed by atoms with Crippen molar-refractivity contribution in [1.82, 2.24) is 19.9 Å². The molecule has 22 heavy (non-hydrogen) atoms. The van der Waals surface area contributed by atoms with Crippen molar-refractivity contribution in [3.8, 4) is 5.88 Å². The van der Waals surface area contributed by atoms with Crippen LogP contribution in [-0.4, -0.2) is 46.1 Å². The van der Waals surface area contributed by atoms with Crippen LogP contribution in [-0.2, 0) is 6.54 Å². The van der Waals surface area contributed by atoms with Gasteiger partial charge in [-0.05, 0) is 18.1 Å². The van der Waals surface area contributed by atoms with Gasteiger partial charge >= 0.3 is 0 Å². The maximum absolute atomic E-state index is 5.81. The highest BCUT2D eigenvalue weighted by Crippen LogP contribution is 2.18. The van der Waals surface area contributed by atoms with E-state index in [0.717, 1.165) is 31.9 Å². The first kappa shape index (κ1) is 15.0. The van der Waals surface area contributed by atoms with Crippen LogP contribution >= 0.6 is 11.6 Å². The SMILES string of the molecule is COc1cc(NC2CCN(Cc3ccc(Cl)nc3)C2)ncn1. The maximum atomic E-state index is 5.81. The lowest BCUT2D eigenvalue weighted by molar-refractivity contribution is 0.328. The summed E-state index contributed by atoms with van der Waals surface area (Å²) in [7, 11) is 1.60. The first-order valence-corrected chi connectivity index (χ1v) is 7.56. The van der Waals surface area contributed by atoms with Crippen molar-refractivity contribution in [2.24, 2.45) is 0 Å². The van der Waals surface area contributed by atoms with Crippen LogP contribution in [0.25, 0.3) is 0 Å². The zero-order valence-corrected chi connectivity index (χ0v) is 13.1. The molecular weight excluding hydrogens is 302 g/mol. The summed E-state index contributed by atoms with van der Waals surface area (Å²) in [6, 6.07) is 6.03. The summed E-state index contributed by atoms with van der Waals surface area (Å²) in [4.78, 5) is 14.7. The third-order valence-electron chi connectivity index (χ3n) is 3.67. The van der Waals surface area contributed by atoms with Gasteiger partial charge in [-0.25, -0.2) is 15.0 Å². The maximum Gasteiger partial charge on any atom is 0.218 e.